The fourth-order valence-electron chi connectivity index (χ4n) is 0.936. The maximum atomic E-state index is 10.9. The molecule has 0 spiro atoms. The zero-order valence-electron chi connectivity index (χ0n) is 6.37. The van der Waals surface area contributed by atoms with Crippen LogP contribution in [0.2, 0.25) is 5.02 Å². The van der Waals surface area contributed by atoms with Crippen molar-refractivity contribution in [2.75, 3.05) is 0 Å². The maximum absolute atomic E-state index is 10.9. The molecular formula is C8H7ClO3. The van der Waals surface area contributed by atoms with Crippen molar-refractivity contribution in [1.29, 1.82) is 0 Å². The SMILES string of the molecule is Cc1cccc(Cl)c1C(=O)OO. The Morgan fingerprint density at radius 3 is 2.75 bits per heavy atom. The Hall–Kier alpha value is -1.06. The molecule has 1 aromatic carbocycles. The molecule has 0 aliphatic heterocycles. The lowest BCUT2D eigenvalue weighted by atomic mass is 10.1. The van der Waals surface area contributed by atoms with E-state index in [1.54, 1.807) is 25.1 Å². The van der Waals surface area contributed by atoms with Gasteiger partial charge in [0, 0.05) is 0 Å². The standard InChI is InChI=1S/C8H7ClO3/c1-5-3-2-4-6(9)7(5)8(10)12-11/h2-4,11H,1H3. The van der Waals surface area contributed by atoms with E-state index in [9.17, 15) is 4.79 Å². The van der Waals surface area contributed by atoms with Gasteiger partial charge >= 0.3 is 5.97 Å². The molecule has 0 amide bonds. The minimum absolute atomic E-state index is 0.196. The van der Waals surface area contributed by atoms with Gasteiger partial charge in [-0.05, 0) is 18.6 Å². The number of hydrogen-bond donors (Lipinski definition) is 1. The van der Waals surface area contributed by atoms with Crippen LogP contribution in [-0.2, 0) is 4.89 Å². The van der Waals surface area contributed by atoms with Crippen LogP contribution < -0.4 is 0 Å². The van der Waals surface area contributed by atoms with E-state index in [2.05, 4.69) is 4.89 Å². The summed E-state index contributed by atoms with van der Waals surface area (Å²) in [5, 5.41) is 8.40. The summed E-state index contributed by atoms with van der Waals surface area (Å²) in [6.45, 7) is 1.71. The van der Waals surface area contributed by atoms with Crippen molar-refractivity contribution in [3.63, 3.8) is 0 Å². The molecule has 0 atom stereocenters. The van der Waals surface area contributed by atoms with Gasteiger partial charge in [-0.15, -0.1) is 0 Å². The zero-order chi connectivity index (χ0) is 9.14. The molecule has 0 saturated carbocycles. The number of carbonyl (C=O) groups excluding carboxylic acids is 1. The second-order valence-corrected chi connectivity index (χ2v) is 2.72. The van der Waals surface area contributed by atoms with Gasteiger partial charge < -0.3 is 0 Å². The summed E-state index contributed by atoms with van der Waals surface area (Å²) < 4.78 is 0. The molecule has 0 radical (unpaired) electrons. The van der Waals surface area contributed by atoms with E-state index >= 15 is 0 Å². The van der Waals surface area contributed by atoms with Crippen molar-refractivity contribution in [2.24, 2.45) is 0 Å². The van der Waals surface area contributed by atoms with E-state index in [0.29, 0.717) is 5.56 Å². The van der Waals surface area contributed by atoms with Gasteiger partial charge in [0.25, 0.3) is 0 Å². The fraction of sp³-hybridized carbons (Fsp3) is 0.125. The molecular weight excluding hydrogens is 180 g/mol. The Morgan fingerprint density at radius 1 is 1.58 bits per heavy atom. The quantitative estimate of drug-likeness (QED) is 0.541. The Balaban J connectivity index is 3.21. The molecule has 3 nitrogen and oxygen atoms in total. The first-order valence-corrected chi connectivity index (χ1v) is 3.65. The van der Waals surface area contributed by atoms with Gasteiger partial charge in [0.15, 0.2) is 0 Å². The van der Waals surface area contributed by atoms with Crippen molar-refractivity contribution in [3.8, 4) is 0 Å². The van der Waals surface area contributed by atoms with Crippen LogP contribution in [0.3, 0.4) is 0 Å². The lowest BCUT2D eigenvalue weighted by molar-refractivity contribution is -0.182. The summed E-state index contributed by atoms with van der Waals surface area (Å²) in [4.78, 5) is 14.5. The highest BCUT2D eigenvalue weighted by Gasteiger charge is 2.13. The van der Waals surface area contributed by atoms with E-state index in [1.807, 2.05) is 0 Å². The van der Waals surface area contributed by atoms with Crippen LogP contribution in [0.5, 0.6) is 0 Å². The Morgan fingerprint density at radius 2 is 2.25 bits per heavy atom. The summed E-state index contributed by atoms with van der Waals surface area (Å²) in [5.41, 5.74) is 0.864. The highest BCUT2D eigenvalue weighted by molar-refractivity contribution is 6.33. The molecule has 12 heavy (non-hydrogen) atoms. The monoisotopic (exact) mass is 186 g/mol. The molecule has 0 bridgehead atoms. The molecule has 0 aliphatic carbocycles. The van der Waals surface area contributed by atoms with Crippen molar-refractivity contribution in [3.05, 3.63) is 34.3 Å². The van der Waals surface area contributed by atoms with Gasteiger partial charge in [0.2, 0.25) is 0 Å². The average molecular weight is 187 g/mol. The first-order chi connectivity index (χ1) is 5.66. The highest BCUT2D eigenvalue weighted by Crippen LogP contribution is 2.19. The fourth-order valence-corrected chi connectivity index (χ4v) is 1.24. The third-order valence-electron chi connectivity index (χ3n) is 1.51. The van der Waals surface area contributed by atoms with Crippen LogP contribution in [0, 0.1) is 6.92 Å². The third-order valence-corrected chi connectivity index (χ3v) is 1.82. The Labute approximate surface area is 74.5 Å². The zero-order valence-corrected chi connectivity index (χ0v) is 7.13. The van der Waals surface area contributed by atoms with Gasteiger partial charge in [0.05, 0.1) is 10.6 Å². The smallest absolute Gasteiger partial charge is 0.295 e. The van der Waals surface area contributed by atoms with Crippen LogP contribution in [0.4, 0.5) is 0 Å². The topological polar surface area (TPSA) is 46.5 Å². The molecule has 1 aromatic rings. The molecule has 0 saturated heterocycles. The Kier molecular flexibility index (Phi) is 2.68. The van der Waals surface area contributed by atoms with Crippen LogP contribution in [0.25, 0.3) is 0 Å². The van der Waals surface area contributed by atoms with Crippen molar-refractivity contribution in [2.45, 2.75) is 6.92 Å². The Bertz CT molecular complexity index is 289. The lowest BCUT2D eigenvalue weighted by Gasteiger charge is -2.02. The number of hydrogen-bond acceptors (Lipinski definition) is 3. The summed E-state index contributed by atoms with van der Waals surface area (Å²) in [6, 6.07) is 4.98. The summed E-state index contributed by atoms with van der Waals surface area (Å²) in [7, 11) is 0. The van der Waals surface area contributed by atoms with Crippen LogP contribution in [0.15, 0.2) is 18.2 Å². The molecule has 4 heteroatoms. The second kappa shape index (κ2) is 3.56. The van der Waals surface area contributed by atoms with E-state index in [1.165, 1.54) is 0 Å². The van der Waals surface area contributed by atoms with E-state index in [0.717, 1.165) is 0 Å². The average Bonchev–Trinajstić information content (AvgIpc) is 2.03. The molecule has 1 N–H and O–H groups in total. The molecule has 0 unspecified atom stereocenters. The lowest BCUT2D eigenvalue weighted by Crippen LogP contribution is -2.04. The van der Waals surface area contributed by atoms with Gasteiger partial charge in [-0.1, -0.05) is 23.7 Å². The van der Waals surface area contributed by atoms with Gasteiger partial charge in [0.1, 0.15) is 0 Å². The normalized spacial score (nSPS) is 9.58. The van der Waals surface area contributed by atoms with E-state index < -0.39 is 5.97 Å². The summed E-state index contributed by atoms with van der Waals surface area (Å²) in [6.07, 6.45) is 0. The largest absolute Gasteiger partial charge is 0.374 e. The van der Waals surface area contributed by atoms with Gasteiger partial charge in [-0.25, -0.2) is 4.79 Å². The number of halogens is 1. The van der Waals surface area contributed by atoms with Crippen molar-refractivity contribution >= 4 is 17.6 Å². The first-order valence-electron chi connectivity index (χ1n) is 3.27. The van der Waals surface area contributed by atoms with Crippen LogP contribution >= 0.6 is 11.6 Å². The van der Waals surface area contributed by atoms with Crippen molar-refractivity contribution < 1.29 is 14.9 Å². The van der Waals surface area contributed by atoms with Gasteiger partial charge in [-0.3, -0.25) is 4.89 Å². The number of aryl methyl sites for hydroxylation is 1. The predicted octanol–water partition coefficient (Wildman–Crippen LogP) is 2.28. The second-order valence-electron chi connectivity index (χ2n) is 2.31. The van der Waals surface area contributed by atoms with Crippen LogP contribution in [0.1, 0.15) is 15.9 Å². The summed E-state index contributed by atoms with van der Waals surface area (Å²) >= 11 is 5.69. The maximum Gasteiger partial charge on any atom is 0.374 e. The molecule has 0 aliphatic rings. The molecule has 64 valence electrons. The first kappa shape index (κ1) is 9.03. The predicted molar refractivity (Wildman–Crippen MR) is 44.2 cm³/mol. The third kappa shape index (κ3) is 1.57. The highest BCUT2D eigenvalue weighted by atomic mass is 35.5. The van der Waals surface area contributed by atoms with Crippen LogP contribution in [-0.4, -0.2) is 11.2 Å². The van der Waals surface area contributed by atoms with E-state index in [-0.39, 0.29) is 10.6 Å². The molecule has 0 fully saturated rings. The molecule has 0 heterocycles. The summed E-state index contributed by atoms with van der Waals surface area (Å²) in [5.74, 6) is -0.835. The molecule has 1 rings (SSSR count). The molecule has 0 aromatic heterocycles. The minimum Gasteiger partial charge on any atom is -0.295 e. The van der Waals surface area contributed by atoms with Gasteiger partial charge in [-0.2, -0.15) is 5.26 Å². The number of carbonyl (C=O) groups is 1. The van der Waals surface area contributed by atoms with E-state index in [4.69, 9.17) is 16.9 Å². The minimum atomic E-state index is -0.835. The number of benzene rings is 1. The number of rotatable bonds is 1. The van der Waals surface area contributed by atoms with Crippen molar-refractivity contribution in [1.82, 2.24) is 0 Å².